The Morgan fingerprint density at radius 2 is 1.86 bits per heavy atom. The van der Waals surface area contributed by atoms with E-state index < -0.39 is 10.0 Å². The first kappa shape index (κ1) is 11.5. The fourth-order valence-corrected chi connectivity index (χ4v) is 2.97. The van der Waals surface area contributed by atoms with Gasteiger partial charge in [0.25, 0.3) is 0 Å². The second-order valence-electron chi connectivity index (χ2n) is 3.10. The third-order valence-electron chi connectivity index (χ3n) is 1.91. The van der Waals surface area contributed by atoms with E-state index in [1.54, 1.807) is 19.1 Å². The number of nitrogens with one attached hydrogen (secondary N) is 1. The van der Waals surface area contributed by atoms with Gasteiger partial charge in [0.2, 0.25) is 10.0 Å². The molecule has 3 nitrogen and oxygen atoms in total. The van der Waals surface area contributed by atoms with Crippen molar-refractivity contribution >= 4 is 21.6 Å². The quantitative estimate of drug-likeness (QED) is 0.848. The zero-order chi connectivity index (χ0) is 10.9. The van der Waals surface area contributed by atoms with E-state index in [1.807, 2.05) is 6.92 Å². The van der Waals surface area contributed by atoms with Crippen LogP contribution in [0.15, 0.2) is 17.0 Å². The summed E-state index contributed by atoms with van der Waals surface area (Å²) in [6.07, 6.45) is 0. The SMILES string of the molecule is CNS(=O)(=O)c1c(C)cc(C)cc1Cl. The summed E-state index contributed by atoms with van der Waals surface area (Å²) in [4.78, 5) is 0.160. The average molecular weight is 234 g/mol. The van der Waals surface area contributed by atoms with Crippen molar-refractivity contribution < 1.29 is 8.42 Å². The molecule has 78 valence electrons. The molecule has 0 unspecified atom stereocenters. The smallest absolute Gasteiger partial charge is 0.214 e. The highest BCUT2D eigenvalue weighted by molar-refractivity contribution is 7.89. The molecule has 0 saturated carbocycles. The summed E-state index contributed by atoms with van der Waals surface area (Å²) in [6.45, 7) is 3.59. The molecule has 0 amide bonds. The van der Waals surface area contributed by atoms with Crippen LogP contribution in [0.4, 0.5) is 0 Å². The molecule has 0 bridgehead atoms. The molecule has 1 aromatic rings. The molecule has 0 aliphatic rings. The van der Waals surface area contributed by atoms with Crippen LogP contribution in [0.1, 0.15) is 11.1 Å². The van der Waals surface area contributed by atoms with Crippen LogP contribution in [-0.4, -0.2) is 15.5 Å². The molecule has 0 aliphatic heterocycles. The second kappa shape index (κ2) is 3.88. The number of benzene rings is 1. The molecule has 0 aromatic heterocycles. The van der Waals surface area contributed by atoms with Crippen molar-refractivity contribution in [3.05, 3.63) is 28.3 Å². The van der Waals surface area contributed by atoms with Crippen LogP contribution in [0.25, 0.3) is 0 Å². The number of rotatable bonds is 2. The predicted molar refractivity (Wildman–Crippen MR) is 57.2 cm³/mol. The van der Waals surface area contributed by atoms with Gasteiger partial charge in [-0.2, -0.15) is 0 Å². The maximum Gasteiger partial charge on any atom is 0.242 e. The molecule has 1 aromatic carbocycles. The van der Waals surface area contributed by atoms with Crippen LogP contribution in [0.2, 0.25) is 5.02 Å². The van der Waals surface area contributed by atoms with E-state index in [4.69, 9.17) is 11.6 Å². The lowest BCUT2D eigenvalue weighted by molar-refractivity contribution is 0.587. The van der Waals surface area contributed by atoms with Gasteiger partial charge in [0.15, 0.2) is 0 Å². The summed E-state index contributed by atoms with van der Waals surface area (Å²) in [5, 5.41) is 0.261. The Bertz CT molecular complexity index is 431. The molecular formula is C9H12ClNO2S. The maximum absolute atomic E-state index is 11.6. The van der Waals surface area contributed by atoms with E-state index >= 15 is 0 Å². The van der Waals surface area contributed by atoms with Gasteiger partial charge in [-0.3, -0.25) is 0 Å². The molecule has 0 saturated heterocycles. The summed E-state index contributed by atoms with van der Waals surface area (Å²) in [5.74, 6) is 0. The first-order chi connectivity index (χ1) is 6.38. The van der Waals surface area contributed by atoms with E-state index in [0.717, 1.165) is 5.56 Å². The van der Waals surface area contributed by atoms with Crippen molar-refractivity contribution in [3.8, 4) is 0 Å². The Labute approximate surface area is 89.1 Å². The second-order valence-corrected chi connectivity index (χ2v) is 5.33. The lowest BCUT2D eigenvalue weighted by Gasteiger charge is -2.09. The summed E-state index contributed by atoms with van der Waals surface area (Å²) in [7, 11) is -2.09. The standard InChI is InChI=1S/C9H12ClNO2S/c1-6-4-7(2)9(8(10)5-6)14(12,13)11-3/h4-5,11H,1-3H3. The summed E-state index contributed by atoms with van der Waals surface area (Å²) in [6, 6.07) is 3.43. The van der Waals surface area contributed by atoms with E-state index in [9.17, 15) is 8.42 Å². The van der Waals surface area contributed by atoms with Crippen molar-refractivity contribution in [2.45, 2.75) is 18.7 Å². The zero-order valence-corrected chi connectivity index (χ0v) is 9.83. The van der Waals surface area contributed by atoms with Crippen LogP contribution in [0.5, 0.6) is 0 Å². The highest BCUT2D eigenvalue weighted by Crippen LogP contribution is 2.26. The Kier molecular flexibility index (Phi) is 3.19. The minimum atomic E-state index is -3.46. The van der Waals surface area contributed by atoms with E-state index in [1.165, 1.54) is 7.05 Å². The summed E-state index contributed by atoms with van der Waals surface area (Å²) < 4.78 is 25.4. The van der Waals surface area contributed by atoms with E-state index in [2.05, 4.69) is 4.72 Å². The third kappa shape index (κ3) is 2.08. The molecule has 0 spiro atoms. The molecule has 1 rings (SSSR count). The van der Waals surface area contributed by atoms with Crippen LogP contribution in [0.3, 0.4) is 0 Å². The molecule has 0 aliphatic carbocycles. The van der Waals surface area contributed by atoms with Gasteiger partial charge < -0.3 is 0 Å². The largest absolute Gasteiger partial charge is 0.242 e. The average Bonchev–Trinajstić information content (AvgIpc) is 2.01. The van der Waals surface area contributed by atoms with Crippen LogP contribution in [0, 0.1) is 13.8 Å². The highest BCUT2D eigenvalue weighted by Gasteiger charge is 2.18. The molecule has 14 heavy (non-hydrogen) atoms. The van der Waals surface area contributed by atoms with Gasteiger partial charge in [0, 0.05) is 0 Å². The monoisotopic (exact) mass is 233 g/mol. The van der Waals surface area contributed by atoms with E-state index in [-0.39, 0.29) is 9.92 Å². The van der Waals surface area contributed by atoms with Crippen molar-refractivity contribution in [2.24, 2.45) is 0 Å². The fraction of sp³-hybridized carbons (Fsp3) is 0.333. The summed E-state index contributed by atoms with van der Waals surface area (Å²) in [5.41, 5.74) is 1.60. The molecule has 0 heterocycles. The van der Waals surface area contributed by atoms with Gasteiger partial charge in [-0.1, -0.05) is 17.7 Å². The Balaban J connectivity index is 3.51. The fourth-order valence-electron chi connectivity index (χ4n) is 1.34. The number of hydrogen-bond donors (Lipinski definition) is 1. The lowest BCUT2D eigenvalue weighted by Crippen LogP contribution is -2.20. The van der Waals surface area contributed by atoms with Gasteiger partial charge >= 0.3 is 0 Å². The highest BCUT2D eigenvalue weighted by atomic mass is 35.5. The number of sulfonamides is 1. The molecular weight excluding hydrogens is 222 g/mol. The zero-order valence-electron chi connectivity index (χ0n) is 8.26. The van der Waals surface area contributed by atoms with Crippen molar-refractivity contribution in [1.29, 1.82) is 0 Å². The van der Waals surface area contributed by atoms with Gasteiger partial charge in [0.1, 0.15) is 4.90 Å². The minimum absolute atomic E-state index is 0.160. The topological polar surface area (TPSA) is 46.2 Å². The maximum atomic E-state index is 11.6. The normalized spacial score (nSPS) is 11.7. The van der Waals surface area contributed by atoms with Crippen LogP contribution >= 0.6 is 11.6 Å². The van der Waals surface area contributed by atoms with Crippen molar-refractivity contribution in [3.63, 3.8) is 0 Å². The van der Waals surface area contributed by atoms with Crippen molar-refractivity contribution in [1.82, 2.24) is 4.72 Å². The third-order valence-corrected chi connectivity index (χ3v) is 3.94. The molecule has 5 heteroatoms. The van der Waals surface area contributed by atoms with Crippen molar-refractivity contribution in [2.75, 3.05) is 7.05 Å². The predicted octanol–water partition coefficient (Wildman–Crippen LogP) is 1.86. The summed E-state index contributed by atoms with van der Waals surface area (Å²) >= 11 is 5.88. The Morgan fingerprint density at radius 3 is 2.29 bits per heavy atom. The molecule has 0 atom stereocenters. The van der Waals surface area contributed by atoms with Gasteiger partial charge in [-0.05, 0) is 38.1 Å². The van der Waals surface area contributed by atoms with Gasteiger partial charge in [-0.25, -0.2) is 13.1 Å². The number of aryl methyl sites for hydroxylation is 2. The van der Waals surface area contributed by atoms with E-state index in [0.29, 0.717) is 5.56 Å². The van der Waals surface area contributed by atoms with Crippen LogP contribution < -0.4 is 4.72 Å². The first-order valence-electron chi connectivity index (χ1n) is 4.09. The van der Waals surface area contributed by atoms with Gasteiger partial charge in [-0.15, -0.1) is 0 Å². The molecule has 0 fully saturated rings. The Morgan fingerprint density at radius 1 is 1.29 bits per heavy atom. The number of halogens is 1. The first-order valence-corrected chi connectivity index (χ1v) is 5.95. The lowest BCUT2D eigenvalue weighted by atomic mass is 10.2. The minimum Gasteiger partial charge on any atom is -0.214 e. The molecule has 1 N–H and O–H groups in total. The Hall–Kier alpha value is -0.580. The molecule has 0 radical (unpaired) electrons. The number of hydrogen-bond acceptors (Lipinski definition) is 2. The van der Waals surface area contributed by atoms with Crippen LogP contribution in [-0.2, 0) is 10.0 Å². The van der Waals surface area contributed by atoms with Gasteiger partial charge in [0.05, 0.1) is 5.02 Å².